The summed E-state index contributed by atoms with van der Waals surface area (Å²) in [6, 6.07) is 14.3. The summed E-state index contributed by atoms with van der Waals surface area (Å²) in [7, 11) is 0. The van der Waals surface area contributed by atoms with E-state index in [2.05, 4.69) is 19.2 Å². The largest absolute Gasteiger partial charge is 0.458 e. The molecule has 0 radical (unpaired) electrons. The fraction of sp³-hybridized carbons (Fsp3) is 0.346. The van der Waals surface area contributed by atoms with Crippen molar-refractivity contribution < 1.29 is 18.8 Å². The van der Waals surface area contributed by atoms with Gasteiger partial charge in [-0.15, -0.1) is 0 Å². The van der Waals surface area contributed by atoms with Crippen LogP contribution in [0.5, 0.6) is 0 Å². The predicted octanol–water partition coefficient (Wildman–Crippen LogP) is 5.33. The van der Waals surface area contributed by atoms with Crippen LogP contribution >= 0.6 is 0 Å². The van der Waals surface area contributed by atoms with Crippen molar-refractivity contribution >= 4 is 28.7 Å². The van der Waals surface area contributed by atoms with Gasteiger partial charge in [-0.1, -0.05) is 64.1 Å². The van der Waals surface area contributed by atoms with E-state index in [0.717, 1.165) is 21.4 Å². The van der Waals surface area contributed by atoms with Crippen LogP contribution in [-0.4, -0.2) is 29.2 Å². The van der Waals surface area contributed by atoms with E-state index in [4.69, 9.17) is 4.42 Å². The molecule has 1 fully saturated rings. The third-order valence-electron chi connectivity index (χ3n) is 6.16. The Morgan fingerprint density at radius 2 is 1.75 bits per heavy atom. The molecule has 4 rings (SSSR count). The highest BCUT2D eigenvalue weighted by atomic mass is 16.3. The van der Waals surface area contributed by atoms with Crippen LogP contribution in [0.4, 0.5) is 4.79 Å². The van der Waals surface area contributed by atoms with E-state index in [0.29, 0.717) is 22.8 Å². The second-order valence-corrected chi connectivity index (χ2v) is 9.17. The molecular formula is C26H28N2O4. The van der Waals surface area contributed by atoms with Crippen LogP contribution in [0.1, 0.15) is 73.7 Å². The number of fused-ring (bicyclic) bond motifs is 1. The number of urea groups is 1. The number of furan rings is 1. The average molecular weight is 433 g/mol. The number of para-hydroxylation sites is 1. The Labute approximate surface area is 187 Å². The van der Waals surface area contributed by atoms with Crippen molar-refractivity contribution in [1.82, 2.24) is 10.2 Å². The first kappa shape index (κ1) is 21.8. The Morgan fingerprint density at radius 3 is 2.41 bits per heavy atom. The Balaban J connectivity index is 1.62. The number of Topliss-reactive ketones (excluding diaryl/α,β-unsaturated/α-hetero) is 1. The summed E-state index contributed by atoms with van der Waals surface area (Å²) in [5, 5.41) is 3.56. The van der Waals surface area contributed by atoms with Gasteiger partial charge in [0.25, 0.3) is 5.91 Å². The van der Waals surface area contributed by atoms with E-state index >= 15 is 0 Å². The number of hydrogen-bond acceptors (Lipinski definition) is 4. The Kier molecular flexibility index (Phi) is 5.41. The third-order valence-corrected chi connectivity index (χ3v) is 6.16. The van der Waals surface area contributed by atoms with E-state index in [1.807, 2.05) is 50.2 Å². The van der Waals surface area contributed by atoms with Gasteiger partial charge in [0.15, 0.2) is 11.3 Å². The van der Waals surface area contributed by atoms with Crippen LogP contribution in [0, 0.1) is 0 Å². The highest BCUT2D eigenvalue weighted by Gasteiger charge is 2.51. The highest BCUT2D eigenvalue weighted by Crippen LogP contribution is 2.33. The van der Waals surface area contributed by atoms with Gasteiger partial charge in [-0.3, -0.25) is 14.5 Å². The van der Waals surface area contributed by atoms with Gasteiger partial charge in [0.05, 0.1) is 6.54 Å². The number of ketones is 1. The van der Waals surface area contributed by atoms with Crippen molar-refractivity contribution in [1.29, 1.82) is 0 Å². The van der Waals surface area contributed by atoms with Gasteiger partial charge in [0, 0.05) is 10.9 Å². The van der Waals surface area contributed by atoms with Crippen LogP contribution in [0.15, 0.2) is 52.9 Å². The van der Waals surface area contributed by atoms with Crippen LogP contribution in [0.3, 0.4) is 0 Å². The molecule has 32 heavy (non-hydrogen) atoms. The first-order valence-electron chi connectivity index (χ1n) is 10.9. The molecular weight excluding hydrogens is 404 g/mol. The lowest BCUT2D eigenvalue weighted by Gasteiger charge is -2.20. The fourth-order valence-electron chi connectivity index (χ4n) is 4.14. The molecule has 1 aromatic heterocycles. The third kappa shape index (κ3) is 3.60. The Hall–Kier alpha value is -3.41. The van der Waals surface area contributed by atoms with E-state index in [1.54, 1.807) is 19.1 Å². The fourth-order valence-corrected chi connectivity index (χ4v) is 4.14. The number of rotatable bonds is 6. The minimum atomic E-state index is -1.36. The molecule has 0 saturated carbocycles. The van der Waals surface area contributed by atoms with Crippen LogP contribution < -0.4 is 5.32 Å². The number of nitrogens with one attached hydrogen (secondary N) is 1. The summed E-state index contributed by atoms with van der Waals surface area (Å²) in [5.74, 6) is 0.0565. The molecule has 6 heteroatoms. The molecule has 1 unspecified atom stereocenters. The van der Waals surface area contributed by atoms with Crippen LogP contribution in [0.25, 0.3) is 11.0 Å². The number of carbonyl (C=O) groups is 3. The summed E-state index contributed by atoms with van der Waals surface area (Å²) < 4.78 is 5.85. The second kappa shape index (κ2) is 7.93. The summed E-state index contributed by atoms with van der Waals surface area (Å²) in [6.45, 7) is 9.55. The van der Waals surface area contributed by atoms with Gasteiger partial charge < -0.3 is 9.73 Å². The van der Waals surface area contributed by atoms with Crippen molar-refractivity contribution in [3.8, 4) is 0 Å². The van der Waals surface area contributed by atoms with E-state index in [9.17, 15) is 14.4 Å². The zero-order valence-corrected chi connectivity index (χ0v) is 19.1. The standard InChI is InChI=1S/C26H28N2O4/c1-15(2)17-10-11-19(20(12-17)16(3)4)21(29)14-28-24(30)26(5,27-25(28)31)23-13-18-8-6-7-9-22(18)32-23/h6-13,15-16H,14H2,1-5H3,(H,27,31). The van der Waals surface area contributed by atoms with Crippen molar-refractivity contribution in [3.63, 3.8) is 0 Å². The first-order chi connectivity index (χ1) is 15.1. The highest BCUT2D eigenvalue weighted by molar-refractivity contribution is 6.11. The molecule has 0 spiro atoms. The lowest BCUT2D eigenvalue weighted by molar-refractivity contribution is -0.131. The molecule has 1 N–H and O–H groups in total. The maximum Gasteiger partial charge on any atom is 0.325 e. The Morgan fingerprint density at radius 1 is 1.03 bits per heavy atom. The maximum absolute atomic E-state index is 13.3. The molecule has 0 bridgehead atoms. The molecule has 1 aliphatic rings. The van der Waals surface area contributed by atoms with Crippen molar-refractivity contribution in [2.24, 2.45) is 0 Å². The van der Waals surface area contributed by atoms with Crippen LogP contribution in [-0.2, 0) is 10.3 Å². The predicted molar refractivity (Wildman–Crippen MR) is 123 cm³/mol. The second-order valence-electron chi connectivity index (χ2n) is 9.17. The minimum Gasteiger partial charge on any atom is -0.458 e. The zero-order valence-electron chi connectivity index (χ0n) is 19.1. The number of nitrogens with zero attached hydrogens (tertiary/aromatic N) is 1. The molecule has 1 atom stereocenters. The number of imide groups is 1. The Bertz CT molecular complexity index is 1190. The van der Waals surface area contributed by atoms with E-state index in [-0.39, 0.29) is 18.2 Å². The number of hydrogen-bond donors (Lipinski definition) is 1. The number of benzene rings is 2. The average Bonchev–Trinajstić information content (AvgIpc) is 3.29. The number of amides is 3. The molecule has 3 amide bonds. The maximum atomic E-state index is 13.3. The number of carbonyl (C=O) groups excluding carboxylic acids is 3. The lowest BCUT2D eigenvalue weighted by atomic mass is 9.90. The minimum absolute atomic E-state index is 0.136. The molecule has 2 aromatic carbocycles. The molecule has 2 heterocycles. The molecule has 1 aliphatic heterocycles. The smallest absolute Gasteiger partial charge is 0.325 e. The summed E-state index contributed by atoms with van der Waals surface area (Å²) in [6.07, 6.45) is 0. The van der Waals surface area contributed by atoms with Gasteiger partial charge in [-0.05, 0) is 42.0 Å². The van der Waals surface area contributed by atoms with Crippen molar-refractivity contribution in [2.45, 2.75) is 52.0 Å². The molecule has 166 valence electrons. The normalized spacial score (nSPS) is 18.8. The molecule has 6 nitrogen and oxygen atoms in total. The SMILES string of the molecule is CC(C)c1ccc(C(=O)CN2C(=O)NC(C)(c3cc4ccccc4o3)C2=O)c(C(C)C)c1. The topological polar surface area (TPSA) is 79.6 Å². The van der Waals surface area contributed by atoms with E-state index < -0.39 is 17.5 Å². The molecule has 3 aromatic rings. The zero-order chi connectivity index (χ0) is 23.2. The van der Waals surface area contributed by atoms with Gasteiger partial charge in [-0.2, -0.15) is 0 Å². The summed E-state index contributed by atoms with van der Waals surface area (Å²) >= 11 is 0. The summed E-state index contributed by atoms with van der Waals surface area (Å²) in [4.78, 5) is 40.2. The van der Waals surface area contributed by atoms with Gasteiger partial charge >= 0.3 is 6.03 Å². The first-order valence-corrected chi connectivity index (χ1v) is 10.9. The van der Waals surface area contributed by atoms with Gasteiger partial charge in [-0.25, -0.2) is 4.79 Å². The van der Waals surface area contributed by atoms with Gasteiger partial charge in [0.1, 0.15) is 11.3 Å². The van der Waals surface area contributed by atoms with E-state index in [1.165, 1.54) is 0 Å². The molecule has 0 aliphatic carbocycles. The molecule has 1 saturated heterocycles. The van der Waals surface area contributed by atoms with Crippen molar-refractivity contribution in [2.75, 3.05) is 6.54 Å². The van der Waals surface area contributed by atoms with Crippen molar-refractivity contribution in [3.05, 3.63) is 71.0 Å². The van der Waals surface area contributed by atoms with Crippen LogP contribution in [0.2, 0.25) is 0 Å². The quantitative estimate of drug-likeness (QED) is 0.422. The summed E-state index contributed by atoms with van der Waals surface area (Å²) in [5.41, 5.74) is 1.89. The lowest BCUT2D eigenvalue weighted by Crippen LogP contribution is -2.41. The monoisotopic (exact) mass is 432 g/mol. The van der Waals surface area contributed by atoms with Gasteiger partial charge in [0.2, 0.25) is 0 Å².